The molecule has 8 nitrogen and oxygen atoms in total. The summed E-state index contributed by atoms with van der Waals surface area (Å²) in [6, 6.07) is 7.57. The molecule has 1 amide bonds. The number of imidazole rings is 1. The van der Waals surface area contributed by atoms with Gasteiger partial charge in [0, 0.05) is 37.9 Å². The van der Waals surface area contributed by atoms with Gasteiger partial charge in [0.05, 0.1) is 18.9 Å². The molecule has 1 atom stereocenters. The Bertz CT molecular complexity index is 941. The Kier molecular flexibility index (Phi) is 6.92. The van der Waals surface area contributed by atoms with Crippen LogP contribution in [0.3, 0.4) is 0 Å². The molecular formula is C20H28N4O4S. The molecule has 1 aromatic heterocycles. The second-order valence-electron chi connectivity index (χ2n) is 7.00. The molecule has 158 valence electrons. The maximum atomic E-state index is 12.9. The van der Waals surface area contributed by atoms with Crippen LogP contribution in [0.2, 0.25) is 0 Å². The third kappa shape index (κ3) is 4.97. The minimum absolute atomic E-state index is 0.0334. The Morgan fingerprint density at radius 1 is 1.31 bits per heavy atom. The largest absolute Gasteiger partial charge is 0.494 e. The number of hydrogen-bond donors (Lipinski definition) is 1. The molecule has 1 aliphatic rings. The van der Waals surface area contributed by atoms with Crippen LogP contribution in [0.15, 0.2) is 41.8 Å². The third-order valence-electron chi connectivity index (χ3n) is 5.06. The number of ether oxygens (including phenoxy) is 1. The third-order valence-corrected chi connectivity index (χ3v) is 6.81. The molecule has 0 unspecified atom stereocenters. The highest BCUT2D eigenvalue weighted by Gasteiger charge is 2.34. The van der Waals surface area contributed by atoms with Gasteiger partial charge in [-0.25, -0.2) is 13.4 Å². The van der Waals surface area contributed by atoms with Gasteiger partial charge in [-0.15, -0.1) is 0 Å². The Morgan fingerprint density at radius 2 is 2.10 bits per heavy atom. The topological polar surface area (TPSA) is 93.5 Å². The number of para-hydroxylation sites is 1. The number of benzene rings is 1. The zero-order valence-corrected chi connectivity index (χ0v) is 17.7. The van der Waals surface area contributed by atoms with E-state index in [2.05, 4.69) is 10.3 Å². The lowest BCUT2D eigenvalue weighted by Crippen LogP contribution is -2.45. The van der Waals surface area contributed by atoms with Crippen molar-refractivity contribution in [2.45, 2.75) is 44.8 Å². The van der Waals surface area contributed by atoms with Crippen LogP contribution in [0, 0.1) is 5.92 Å². The number of aryl methyl sites for hydroxylation is 1. The van der Waals surface area contributed by atoms with Gasteiger partial charge in [0.1, 0.15) is 5.75 Å². The highest BCUT2D eigenvalue weighted by molar-refractivity contribution is 7.89. The van der Waals surface area contributed by atoms with Gasteiger partial charge in [0.25, 0.3) is 10.0 Å². The van der Waals surface area contributed by atoms with Gasteiger partial charge < -0.3 is 14.6 Å². The smallest absolute Gasteiger partial charge is 0.262 e. The van der Waals surface area contributed by atoms with Crippen molar-refractivity contribution in [1.82, 2.24) is 19.2 Å². The average molecular weight is 421 g/mol. The number of nitrogens with one attached hydrogen (secondary N) is 1. The number of aromatic nitrogens is 2. The van der Waals surface area contributed by atoms with Crippen LogP contribution in [0.1, 0.15) is 32.3 Å². The van der Waals surface area contributed by atoms with E-state index in [0.717, 1.165) is 11.3 Å². The van der Waals surface area contributed by atoms with Crippen LogP contribution in [0.5, 0.6) is 5.75 Å². The molecule has 1 N–H and O–H groups in total. The molecule has 3 rings (SSSR count). The van der Waals surface area contributed by atoms with Gasteiger partial charge in [0.2, 0.25) is 5.91 Å². The molecule has 0 saturated carbocycles. The molecule has 1 saturated heterocycles. The van der Waals surface area contributed by atoms with E-state index in [0.29, 0.717) is 39.1 Å². The SMILES string of the molecule is CCOc1ccccc1CNC(=O)[C@H]1CCCN(S(=O)(=O)c2cn(CC)cn2)C1. The normalized spacial score (nSPS) is 17.8. The van der Waals surface area contributed by atoms with Gasteiger partial charge in [-0.1, -0.05) is 18.2 Å². The number of carbonyl (C=O) groups excluding carboxylic acids is 1. The predicted octanol–water partition coefficient (Wildman–Crippen LogP) is 2.02. The van der Waals surface area contributed by atoms with Crippen molar-refractivity contribution in [1.29, 1.82) is 0 Å². The van der Waals surface area contributed by atoms with Crippen LogP contribution in [0.25, 0.3) is 0 Å². The fourth-order valence-electron chi connectivity index (χ4n) is 3.43. The molecule has 0 bridgehead atoms. The summed E-state index contributed by atoms with van der Waals surface area (Å²) in [5.41, 5.74) is 0.896. The summed E-state index contributed by atoms with van der Waals surface area (Å²) < 4.78 is 34.4. The van der Waals surface area contributed by atoms with Crippen molar-refractivity contribution in [3.05, 3.63) is 42.4 Å². The highest BCUT2D eigenvalue weighted by atomic mass is 32.2. The fraction of sp³-hybridized carbons (Fsp3) is 0.500. The number of nitrogens with zero attached hydrogens (tertiary/aromatic N) is 3. The monoisotopic (exact) mass is 420 g/mol. The molecule has 1 aromatic carbocycles. The van der Waals surface area contributed by atoms with E-state index >= 15 is 0 Å². The summed E-state index contributed by atoms with van der Waals surface area (Å²) in [7, 11) is -3.70. The molecular weight excluding hydrogens is 392 g/mol. The van der Waals surface area contributed by atoms with Gasteiger partial charge >= 0.3 is 0 Å². The number of hydrogen-bond acceptors (Lipinski definition) is 5. The maximum absolute atomic E-state index is 12.9. The first kappa shape index (κ1) is 21.3. The Morgan fingerprint density at radius 3 is 2.83 bits per heavy atom. The number of rotatable bonds is 8. The van der Waals surface area contributed by atoms with Crippen molar-refractivity contribution in [3.63, 3.8) is 0 Å². The van der Waals surface area contributed by atoms with Crippen molar-refractivity contribution in [2.24, 2.45) is 5.92 Å². The Hall–Kier alpha value is -2.39. The number of amides is 1. The lowest BCUT2D eigenvalue weighted by atomic mass is 9.98. The maximum Gasteiger partial charge on any atom is 0.262 e. The van der Waals surface area contributed by atoms with Crippen molar-refractivity contribution in [3.8, 4) is 5.75 Å². The number of carbonyl (C=O) groups is 1. The fourth-order valence-corrected chi connectivity index (χ4v) is 4.88. The molecule has 9 heteroatoms. The summed E-state index contributed by atoms with van der Waals surface area (Å²) >= 11 is 0. The molecule has 0 radical (unpaired) electrons. The molecule has 29 heavy (non-hydrogen) atoms. The first-order chi connectivity index (χ1) is 14.0. The quantitative estimate of drug-likeness (QED) is 0.705. The summed E-state index contributed by atoms with van der Waals surface area (Å²) in [6.07, 6.45) is 4.34. The van der Waals surface area contributed by atoms with E-state index in [1.807, 2.05) is 38.1 Å². The standard InChI is InChI=1S/C20H28N4O4S/c1-3-23-14-19(22-15-23)29(26,27)24-11-7-9-17(13-24)20(25)21-12-16-8-5-6-10-18(16)28-4-2/h5-6,8,10,14-15,17H,3-4,7,9,11-13H2,1-2H3,(H,21,25)/t17-/m0/s1. The van der Waals surface area contributed by atoms with Gasteiger partial charge in [-0.2, -0.15) is 4.31 Å². The highest BCUT2D eigenvalue weighted by Crippen LogP contribution is 2.24. The predicted molar refractivity (Wildman–Crippen MR) is 109 cm³/mol. The van der Waals surface area contributed by atoms with E-state index in [1.165, 1.54) is 16.8 Å². The van der Waals surface area contributed by atoms with Gasteiger partial charge in [-0.05, 0) is 32.8 Å². The van der Waals surface area contributed by atoms with E-state index in [4.69, 9.17) is 4.74 Å². The van der Waals surface area contributed by atoms with Crippen LogP contribution < -0.4 is 10.1 Å². The molecule has 2 aromatic rings. The Balaban J connectivity index is 1.63. The summed E-state index contributed by atoms with van der Waals surface area (Å²) in [5.74, 6) is 0.219. The average Bonchev–Trinajstić information content (AvgIpc) is 3.23. The molecule has 1 aliphatic heterocycles. The van der Waals surface area contributed by atoms with Crippen molar-refractivity contribution < 1.29 is 17.9 Å². The summed E-state index contributed by atoms with van der Waals surface area (Å²) in [6.45, 7) is 5.95. The minimum Gasteiger partial charge on any atom is -0.494 e. The van der Waals surface area contributed by atoms with E-state index < -0.39 is 10.0 Å². The molecule has 0 aliphatic carbocycles. The van der Waals surface area contributed by atoms with Crippen molar-refractivity contribution in [2.75, 3.05) is 19.7 Å². The summed E-state index contributed by atoms with van der Waals surface area (Å²) in [5, 5.41) is 2.97. The lowest BCUT2D eigenvalue weighted by molar-refractivity contribution is -0.126. The van der Waals surface area contributed by atoms with Crippen LogP contribution in [-0.4, -0.2) is 47.9 Å². The minimum atomic E-state index is -3.70. The van der Waals surface area contributed by atoms with Crippen LogP contribution >= 0.6 is 0 Å². The van der Waals surface area contributed by atoms with Gasteiger partial charge in [0.15, 0.2) is 5.03 Å². The molecule has 1 fully saturated rings. The van der Waals surface area contributed by atoms with Crippen LogP contribution in [-0.2, 0) is 27.9 Å². The lowest BCUT2D eigenvalue weighted by Gasteiger charge is -2.30. The Labute approximate surface area is 171 Å². The zero-order valence-electron chi connectivity index (χ0n) is 16.9. The van der Waals surface area contributed by atoms with E-state index in [9.17, 15) is 13.2 Å². The summed E-state index contributed by atoms with van der Waals surface area (Å²) in [4.78, 5) is 16.7. The van der Waals surface area contributed by atoms with Crippen LogP contribution in [0.4, 0.5) is 0 Å². The van der Waals surface area contributed by atoms with Gasteiger partial charge in [-0.3, -0.25) is 4.79 Å². The second kappa shape index (κ2) is 9.41. The molecule has 0 spiro atoms. The van der Waals surface area contributed by atoms with Crippen molar-refractivity contribution >= 4 is 15.9 Å². The van der Waals surface area contributed by atoms with E-state index in [1.54, 1.807) is 4.57 Å². The molecule has 2 heterocycles. The van der Waals surface area contributed by atoms with E-state index in [-0.39, 0.29) is 23.4 Å². The first-order valence-corrected chi connectivity index (χ1v) is 11.4. The second-order valence-corrected chi connectivity index (χ2v) is 8.89. The zero-order chi connectivity index (χ0) is 20.9. The first-order valence-electron chi connectivity index (χ1n) is 9.96. The number of sulfonamides is 1. The number of piperidine rings is 1.